The van der Waals surface area contributed by atoms with E-state index in [1.807, 2.05) is 17.9 Å². The number of carbonyl (C=O) groups excluding carboxylic acids is 2. The second kappa shape index (κ2) is 7.03. The summed E-state index contributed by atoms with van der Waals surface area (Å²) in [7, 11) is 0. The fourth-order valence-electron chi connectivity index (χ4n) is 2.48. The molecule has 0 bridgehead atoms. The Hall–Kier alpha value is -0.710. The van der Waals surface area contributed by atoms with Gasteiger partial charge in [-0.05, 0) is 30.5 Å². The highest BCUT2D eigenvalue weighted by Crippen LogP contribution is 2.32. The molecule has 0 radical (unpaired) electrons. The second-order valence-corrected chi connectivity index (χ2v) is 7.28. The molecule has 114 valence electrons. The number of likely N-dealkylation sites (tertiary alicyclic amines) is 1. The van der Waals surface area contributed by atoms with Crippen molar-refractivity contribution in [2.24, 2.45) is 5.92 Å². The third-order valence-electron chi connectivity index (χ3n) is 3.65. The maximum atomic E-state index is 12.2. The van der Waals surface area contributed by atoms with E-state index in [4.69, 9.17) is 23.2 Å². The molecule has 1 aromatic rings. The van der Waals surface area contributed by atoms with Gasteiger partial charge in [0.05, 0.1) is 16.1 Å². The molecule has 0 aromatic heterocycles. The molecule has 1 fully saturated rings. The summed E-state index contributed by atoms with van der Waals surface area (Å²) < 4.78 is 0. The molecule has 21 heavy (non-hydrogen) atoms. The van der Waals surface area contributed by atoms with Gasteiger partial charge in [-0.15, -0.1) is 0 Å². The van der Waals surface area contributed by atoms with Gasteiger partial charge in [0.25, 0.3) is 0 Å². The van der Waals surface area contributed by atoms with Crippen LogP contribution in [-0.4, -0.2) is 28.2 Å². The Morgan fingerprint density at radius 2 is 2.14 bits per heavy atom. The molecule has 0 saturated carbocycles. The Morgan fingerprint density at radius 3 is 2.76 bits per heavy atom. The van der Waals surface area contributed by atoms with Crippen molar-refractivity contribution in [1.82, 2.24) is 4.90 Å². The zero-order chi connectivity index (χ0) is 15.6. The van der Waals surface area contributed by atoms with E-state index in [1.165, 1.54) is 11.8 Å². The van der Waals surface area contributed by atoms with Crippen LogP contribution in [0, 0.1) is 5.92 Å². The third-order valence-corrected chi connectivity index (χ3v) is 5.44. The minimum absolute atomic E-state index is 0.0420. The van der Waals surface area contributed by atoms with Crippen molar-refractivity contribution >= 4 is 46.0 Å². The summed E-state index contributed by atoms with van der Waals surface area (Å²) in [5.74, 6) is 1.06. The molecule has 2 rings (SSSR count). The Morgan fingerprint density at radius 1 is 1.43 bits per heavy atom. The van der Waals surface area contributed by atoms with E-state index >= 15 is 0 Å². The zero-order valence-corrected chi connectivity index (χ0v) is 14.3. The van der Waals surface area contributed by atoms with E-state index in [0.717, 1.165) is 5.56 Å². The summed E-state index contributed by atoms with van der Waals surface area (Å²) in [5, 5.41) is 1.10. The molecule has 0 spiro atoms. The lowest BCUT2D eigenvalue weighted by Gasteiger charge is -2.25. The van der Waals surface area contributed by atoms with Crippen molar-refractivity contribution in [2.45, 2.75) is 26.3 Å². The summed E-state index contributed by atoms with van der Waals surface area (Å²) in [6, 6.07) is 5.41. The summed E-state index contributed by atoms with van der Waals surface area (Å²) in [5.41, 5.74) is 0.970. The highest BCUT2D eigenvalue weighted by atomic mass is 35.5. The fraction of sp³-hybridized carbons (Fsp3) is 0.467. The molecule has 6 heteroatoms. The number of amides is 1. The van der Waals surface area contributed by atoms with Crippen LogP contribution in [0.1, 0.15) is 31.9 Å². The van der Waals surface area contributed by atoms with Gasteiger partial charge in [0, 0.05) is 25.6 Å². The Kier molecular flexibility index (Phi) is 5.58. The number of benzene rings is 1. The summed E-state index contributed by atoms with van der Waals surface area (Å²) >= 11 is 13.2. The van der Waals surface area contributed by atoms with Crippen LogP contribution in [-0.2, 0) is 9.59 Å². The fourth-order valence-corrected chi connectivity index (χ4v) is 3.48. The lowest BCUT2D eigenvalue weighted by Crippen LogP contribution is -2.28. The van der Waals surface area contributed by atoms with Gasteiger partial charge in [-0.1, -0.05) is 41.0 Å². The van der Waals surface area contributed by atoms with Gasteiger partial charge in [-0.2, -0.15) is 0 Å². The van der Waals surface area contributed by atoms with Gasteiger partial charge in [0.15, 0.2) is 5.12 Å². The number of carbonyl (C=O) groups is 2. The molecule has 1 aliphatic heterocycles. The molecule has 1 heterocycles. The summed E-state index contributed by atoms with van der Waals surface area (Å²) in [6.45, 7) is 4.22. The number of halogens is 2. The quantitative estimate of drug-likeness (QED) is 0.821. The highest BCUT2D eigenvalue weighted by Gasteiger charge is 2.33. The molecule has 2 unspecified atom stereocenters. The second-order valence-electron chi connectivity index (χ2n) is 5.27. The van der Waals surface area contributed by atoms with Crippen LogP contribution < -0.4 is 0 Å². The highest BCUT2D eigenvalue weighted by molar-refractivity contribution is 8.13. The Balaban J connectivity index is 2.05. The van der Waals surface area contributed by atoms with Gasteiger partial charge in [-0.25, -0.2) is 0 Å². The minimum Gasteiger partial charge on any atom is -0.336 e. The maximum absolute atomic E-state index is 12.2. The number of hydrogen-bond acceptors (Lipinski definition) is 3. The maximum Gasteiger partial charge on any atom is 0.223 e. The number of thioether (sulfide) groups is 1. The topological polar surface area (TPSA) is 37.4 Å². The molecule has 1 aliphatic rings. The van der Waals surface area contributed by atoms with Crippen LogP contribution in [0.3, 0.4) is 0 Å². The van der Waals surface area contributed by atoms with E-state index in [1.54, 1.807) is 19.1 Å². The van der Waals surface area contributed by atoms with E-state index in [2.05, 4.69) is 0 Å². The standard InChI is InChI=1S/C15H17Cl2NO2S/c1-9(12-3-4-13(16)14(17)6-12)18-7-11(5-15(18)20)8-21-10(2)19/h3-4,6,9,11H,5,7-8H2,1-2H3. The van der Waals surface area contributed by atoms with Crippen molar-refractivity contribution in [1.29, 1.82) is 0 Å². The molecule has 0 N–H and O–H groups in total. The average molecular weight is 346 g/mol. The van der Waals surface area contributed by atoms with E-state index in [-0.39, 0.29) is 23.0 Å². The lowest BCUT2D eigenvalue weighted by atomic mass is 10.1. The van der Waals surface area contributed by atoms with Crippen LogP contribution in [0.15, 0.2) is 18.2 Å². The minimum atomic E-state index is -0.0420. The predicted octanol–water partition coefficient (Wildman–Crippen LogP) is 4.18. The van der Waals surface area contributed by atoms with Gasteiger partial charge < -0.3 is 4.90 Å². The van der Waals surface area contributed by atoms with Crippen molar-refractivity contribution in [2.75, 3.05) is 12.3 Å². The number of nitrogens with zero attached hydrogens (tertiary/aromatic N) is 1. The van der Waals surface area contributed by atoms with Gasteiger partial charge in [0.1, 0.15) is 0 Å². The van der Waals surface area contributed by atoms with E-state index < -0.39 is 0 Å². The van der Waals surface area contributed by atoms with E-state index in [0.29, 0.717) is 28.8 Å². The van der Waals surface area contributed by atoms with Crippen molar-refractivity contribution in [3.8, 4) is 0 Å². The predicted molar refractivity (Wildman–Crippen MR) is 87.8 cm³/mol. The molecule has 3 nitrogen and oxygen atoms in total. The first-order chi connectivity index (χ1) is 9.88. The Bertz CT molecular complexity index is 565. The first-order valence-corrected chi connectivity index (χ1v) is 8.50. The molecule has 1 saturated heterocycles. The molecular formula is C15H17Cl2NO2S. The first kappa shape index (κ1) is 16.7. The molecular weight excluding hydrogens is 329 g/mol. The van der Waals surface area contributed by atoms with Crippen LogP contribution >= 0.6 is 35.0 Å². The normalized spacial score (nSPS) is 19.9. The smallest absolute Gasteiger partial charge is 0.223 e. The van der Waals surface area contributed by atoms with Crippen LogP contribution in [0.5, 0.6) is 0 Å². The lowest BCUT2D eigenvalue weighted by molar-refractivity contribution is -0.129. The van der Waals surface area contributed by atoms with Crippen molar-refractivity contribution in [3.05, 3.63) is 33.8 Å². The third kappa shape index (κ3) is 4.15. The largest absolute Gasteiger partial charge is 0.336 e. The zero-order valence-electron chi connectivity index (χ0n) is 11.9. The van der Waals surface area contributed by atoms with Crippen LogP contribution in [0.25, 0.3) is 0 Å². The average Bonchev–Trinajstić information content (AvgIpc) is 2.80. The Labute approximate surface area is 139 Å². The van der Waals surface area contributed by atoms with Crippen LogP contribution in [0.4, 0.5) is 0 Å². The molecule has 1 aromatic carbocycles. The number of hydrogen-bond donors (Lipinski definition) is 0. The monoisotopic (exact) mass is 345 g/mol. The van der Waals surface area contributed by atoms with Crippen molar-refractivity contribution in [3.63, 3.8) is 0 Å². The molecule has 0 aliphatic carbocycles. The van der Waals surface area contributed by atoms with Gasteiger partial charge in [-0.3, -0.25) is 9.59 Å². The van der Waals surface area contributed by atoms with E-state index in [9.17, 15) is 9.59 Å². The molecule has 1 amide bonds. The summed E-state index contributed by atoms with van der Waals surface area (Å²) in [4.78, 5) is 25.0. The summed E-state index contributed by atoms with van der Waals surface area (Å²) in [6.07, 6.45) is 0.506. The van der Waals surface area contributed by atoms with Gasteiger partial charge >= 0.3 is 0 Å². The SMILES string of the molecule is CC(=O)SCC1CC(=O)N(C(C)c2ccc(Cl)c(Cl)c2)C1. The first-order valence-electron chi connectivity index (χ1n) is 6.76. The van der Waals surface area contributed by atoms with Crippen molar-refractivity contribution < 1.29 is 9.59 Å². The number of rotatable bonds is 4. The van der Waals surface area contributed by atoms with Crippen LogP contribution in [0.2, 0.25) is 10.0 Å². The van der Waals surface area contributed by atoms with Gasteiger partial charge in [0.2, 0.25) is 5.91 Å². The molecule has 2 atom stereocenters.